The summed E-state index contributed by atoms with van der Waals surface area (Å²) in [5, 5.41) is 2.44. The zero-order chi connectivity index (χ0) is 12.2. The van der Waals surface area contributed by atoms with Crippen molar-refractivity contribution in [2.24, 2.45) is 0 Å². The predicted molar refractivity (Wildman–Crippen MR) is 74.3 cm³/mol. The Morgan fingerprint density at radius 1 is 0.632 bits per heavy atom. The van der Waals surface area contributed by atoms with Gasteiger partial charge in [0.2, 0.25) is 0 Å². The Balaban J connectivity index is 0.000000133. The molecule has 2 heterocycles. The summed E-state index contributed by atoms with van der Waals surface area (Å²) in [6, 6.07) is 20.1. The maximum Gasteiger partial charge on any atom is 0 e. The van der Waals surface area contributed by atoms with Crippen LogP contribution in [0.25, 0.3) is 21.8 Å². The van der Waals surface area contributed by atoms with Gasteiger partial charge >= 0.3 is 0 Å². The number of hydrogen-bond acceptors (Lipinski definition) is 0. The second kappa shape index (κ2) is 6.69. The number of fused-ring (bicyclic) bond motifs is 2. The second-order valence-electron chi connectivity index (χ2n) is 4.00. The Kier molecular flexibility index (Phi) is 4.95. The molecule has 0 fully saturated rings. The molecule has 0 aliphatic carbocycles. The Labute approximate surface area is 137 Å². The summed E-state index contributed by atoms with van der Waals surface area (Å²) in [6.45, 7) is 0. The summed E-state index contributed by atoms with van der Waals surface area (Å²) in [5.41, 5.74) is 2.30. The quantitative estimate of drug-likeness (QED) is 0.460. The minimum Gasteiger partial charge on any atom is -0.477 e. The molecule has 0 unspecified atom stereocenters. The number of benzene rings is 2. The summed E-state index contributed by atoms with van der Waals surface area (Å²) < 4.78 is 0. The van der Waals surface area contributed by atoms with Crippen LogP contribution >= 0.6 is 0 Å². The minimum atomic E-state index is 0. The smallest absolute Gasteiger partial charge is 0 e. The SMILES string of the molecule is [Y].[c-]1cc2ccccc2[nH]1.[c-]1cc2ccccc2[nH]1. The number of rotatable bonds is 0. The van der Waals surface area contributed by atoms with E-state index in [0.717, 1.165) is 11.0 Å². The first-order valence-electron chi connectivity index (χ1n) is 5.81. The summed E-state index contributed by atoms with van der Waals surface area (Å²) in [4.78, 5) is 5.99. The molecule has 0 saturated carbocycles. The van der Waals surface area contributed by atoms with Crippen molar-refractivity contribution in [2.45, 2.75) is 0 Å². The molecular formula is C16H12N2Y-2. The van der Waals surface area contributed by atoms with Gasteiger partial charge in [-0.15, -0.1) is 47.7 Å². The van der Waals surface area contributed by atoms with E-state index in [0.29, 0.717) is 0 Å². The third kappa shape index (κ3) is 3.34. The number of hydrogen-bond donors (Lipinski definition) is 2. The van der Waals surface area contributed by atoms with Crippen LogP contribution in [-0.4, -0.2) is 9.97 Å². The number of aromatic amines is 2. The van der Waals surface area contributed by atoms with Gasteiger partial charge in [-0.3, -0.25) is 0 Å². The van der Waals surface area contributed by atoms with Gasteiger partial charge in [0.15, 0.2) is 0 Å². The molecule has 4 aromatic rings. The molecule has 3 heteroatoms. The van der Waals surface area contributed by atoms with Crippen molar-refractivity contribution in [3.8, 4) is 0 Å². The molecule has 0 atom stereocenters. The normalized spacial score (nSPS) is 9.68. The number of aromatic nitrogens is 2. The Hall–Kier alpha value is -1.38. The topological polar surface area (TPSA) is 31.6 Å². The molecule has 19 heavy (non-hydrogen) atoms. The average molecular weight is 321 g/mol. The second-order valence-corrected chi connectivity index (χ2v) is 4.00. The van der Waals surface area contributed by atoms with E-state index >= 15 is 0 Å². The molecule has 1 radical (unpaired) electrons. The van der Waals surface area contributed by atoms with E-state index in [4.69, 9.17) is 0 Å². The van der Waals surface area contributed by atoms with E-state index in [1.54, 1.807) is 0 Å². The fraction of sp³-hybridized carbons (Fsp3) is 0. The monoisotopic (exact) mass is 321 g/mol. The van der Waals surface area contributed by atoms with Crippen LogP contribution in [0.5, 0.6) is 0 Å². The van der Waals surface area contributed by atoms with Gasteiger partial charge in [-0.25, -0.2) is 0 Å². The predicted octanol–water partition coefficient (Wildman–Crippen LogP) is 3.93. The molecule has 2 aromatic heterocycles. The van der Waals surface area contributed by atoms with E-state index in [1.807, 2.05) is 48.5 Å². The summed E-state index contributed by atoms with van der Waals surface area (Å²) in [7, 11) is 0. The number of H-pyrrole nitrogens is 2. The van der Waals surface area contributed by atoms with Crippen molar-refractivity contribution in [2.75, 3.05) is 0 Å². The third-order valence-corrected chi connectivity index (χ3v) is 2.79. The van der Waals surface area contributed by atoms with Gasteiger partial charge in [0, 0.05) is 32.7 Å². The molecule has 0 spiro atoms. The third-order valence-electron chi connectivity index (χ3n) is 2.79. The van der Waals surface area contributed by atoms with Crippen LogP contribution in [0.4, 0.5) is 0 Å². The van der Waals surface area contributed by atoms with Crippen LogP contribution < -0.4 is 0 Å². The molecule has 0 aliphatic rings. The van der Waals surface area contributed by atoms with Crippen molar-refractivity contribution in [1.82, 2.24) is 9.97 Å². The molecule has 0 bridgehead atoms. The Morgan fingerprint density at radius 3 is 1.47 bits per heavy atom. The fourth-order valence-electron chi connectivity index (χ4n) is 1.86. The van der Waals surface area contributed by atoms with Gasteiger partial charge in [-0.2, -0.15) is 22.9 Å². The zero-order valence-electron chi connectivity index (χ0n) is 10.4. The number of para-hydroxylation sites is 2. The van der Waals surface area contributed by atoms with Gasteiger partial charge in [0.1, 0.15) is 0 Å². The average Bonchev–Trinajstić information content (AvgIpc) is 3.08. The molecule has 2 aromatic carbocycles. The van der Waals surface area contributed by atoms with E-state index in [2.05, 4.69) is 34.5 Å². The van der Waals surface area contributed by atoms with Crippen molar-refractivity contribution in [3.63, 3.8) is 0 Å². The Bertz CT molecular complexity index is 629. The van der Waals surface area contributed by atoms with Gasteiger partial charge in [-0.05, 0) is 0 Å². The van der Waals surface area contributed by atoms with Crippen LogP contribution in [0.15, 0.2) is 60.7 Å². The molecule has 91 valence electrons. The fourth-order valence-corrected chi connectivity index (χ4v) is 1.86. The first-order chi connectivity index (χ1) is 8.93. The first-order valence-corrected chi connectivity index (χ1v) is 5.81. The summed E-state index contributed by atoms with van der Waals surface area (Å²) in [6.07, 6.45) is 5.83. The maximum absolute atomic E-state index is 2.99. The van der Waals surface area contributed by atoms with E-state index in [1.165, 1.54) is 10.8 Å². The Morgan fingerprint density at radius 2 is 1.05 bits per heavy atom. The van der Waals surface area contributed by atoms with Gasteiger partial charge < -0.3 is 9.97 Å². The number of nitrogens with one attached hydrogen (secondary N) is 2. The summed E-state index contributed by atoms with van der Waals surface area (Å²) >= 11 is 0. The van der Waals surface area contributed by atoms with E-state index in [9.17, 15) is 0 Å². The minimum absolute atomic E-state index is 0. The first kappa shape index (κ1) is 14.0. The van der Waals surface area contributed by atoms with Crippen LogP contribution in [0, 0.1) is 12.4 Å². The van der Waals surface area contributed by atoms with Crippen LogP contribution in [-0.2, 0) is 32.7 Å². The zero-order valence-corrected chi connectivity index (χ0v) is 13.2. The van der Waals surface area contributed by atoms with E-state index in [-0.39, 0.29) is 32.7 Å². The van der Waals surface area contributed by atoms with Gasteiger partial charge in [-0.1, -0.05) is 24.3 Å². The molecule has 4 rings (SSSR count). The van der Waals surface area contributed by atoms with Crippen molar-refractivity contribution >= 4 is 21.8 Å². The molecule has 0 saturated heterocycles. The van der Waals surface area contributed by atoms with E-state index < -0.39 is 0 Å². The molecule has 2 nitrogen and oxygen atoms in total. The maximum atomic E-state index is 2.99. The standard InChI is InChI=1S/2C8H6N.Y/c2*1-2-4-8-7(3-1)5-6-9-8;/h2*1-5,9H;/q2*-1;. The molecular weight excluding hydrogens is 309 g/mol. The van der Waals surface area contributed by atoms with Crippen LogP contribution in [0.1, 0.15) is 0 Å². The molecule has 0 amide bonds. The van der Waals surface area contributed by atoms with Gasteiger partial charge in [0.05, 0.1) is 0 Å². The molecule has 0 aliphatic heterocycles. The van der Waals surface area contributed by atoms with Crippen molar-refractivity contribution in [3.05, 3.63) is 73.1 Å². The van der Waals surface area contributed by atoms with Gasteiger partial charge in [0.25, 0.3) is 0 Å². The van der Waals surface area contributed by atoms with Crippen LogP contribution in [0.3, 0.4) is 0 Å². The molecule has 2 N–H and O–H groups in total. The van der Waals surface area contributed by atoms with Crippen molar-refractivity contribution in [1.29, 1.82) is 0 Å². The van der Waals surface area contributed by atoms with Crippen LogP contribution in [0.2, 0.25) is 0 Å². The summed E-state index contributed by atoms with van der Waals surface area (Å²) in [5.74, 6) is 0. The largest absolute Gasteiger partial charge is 0.477 e. The van der Waals surface area contributed by atoms with Crippen molar-refractivity contribution < 1.29 is 32.7 Å².